The van der Waals surface area contributed by atoms with Gasteiger partial charge in [0.1, 0.15) is 19.0 Å². The van der Waals surface area contributed by atoms with E-state index in [-0.39, 0.29) is 18.4 Å². The number of fused-ring (bicyclic) bond motifs is 2. The number of hydrogen-bond acceptors (Lipinski definition) is 5. The van der Waals surface area contributed by atoms with Crippen molar-refractivity contribution in [2.45, 2.75) is 33.0 Å². The molecule has 0 atom stereocenters. The Labute approximate surface area is 200 Å². The van der Waals surface area contributed by atoms with Crippen molar-refractivity contribution in [1.82, 2.24) is 19.4 Å². The van der Waals surface area contributed by atoms with E-state index in [4.69, 9.17) is 4.74 Å². The molecule has 8 nitrogen and oxygen atoms in total. The highest BCUT2D eigenvalue weighted by Gasteiger charge is 2.23. The predicted octanol–water partition coefficient (Wildman–Crippen LogP) is 2.90. The third-order valence-electron chi connectivity index (χ3n) is 6.35. The number of carbonyl (C=O) groups excluding carboxylic acids is 2. The van der Waals surface area contributed by atoms with Crippen molar-refractivity contribution < 1.29 is 14.3 Å². The largest absolute Gasteiger partial charge is 0.377 e. The van der Waals surface area contributed by atoms with Crippen molar-refractivity contribution in [3.63, 3.8) is 0 Å². The molecule has 0 radical (unpaired) electrons. The highest BCUT2D eigenvalue weighted by molar-refractivity contribution is 5.92. The lowest BCUT2D eigenvalue weighted by atomic mass is 10.1. The fraction of sp³-hybridized carbons (Fsp3) is 0.423. The van der Waals surface area contributed by atoms with E-state index in [0.717, 1.165) is 47.6 Å². The quantitative estimate of drug-likeness (QED) is 0.595. The Kier molecular flexibility index (Phi) is 7.59. The number of rotatable bonds is 4. The number of aromatic nitrogens is 2. The van der Waals surface area contributed by atoms with E-state index in [0.29, 0.717) is 26.2 Å². The van der Waals surface area contributed by atoms with Gasteiger partial charge in [0.2, 0.25) is 11.8 Å². The van der Waals surface area contributed by atoms with E-state index in [2.05, 4.69) is 16.9 Å². The maximum absolute atomic E-state index is 13.7. The Hall–Kier alpha value is -3.23. The van der Waals surface area contributed by atoms with Crippen LogP contribution in [0.15, 0.2) is 48.5 Å². The van der Waals surface area contributed by atoms with Crippen molar-refractivity contribution in [1.29, 1.82) is 0 Å². The summed E-state index contributed by atoms with van der Waals surface area (Å²) < 4.78 is 7.30. The second-order valence-electron chi connectivity index (χ2n) is 8.81. The fourth-order valence-corrected chi connectivity index (χ4v) is 4.53. The van der Waals surface area contributed by atoms with Gasteiger partial charge in [-0.15, -0.1) is 0 Å². The van der Waals surface area contributed by atoms with Gasteiger partial charge in [-0.3, -0.25) is 9.59 Å². The molecule has 8 heteroatoms. The zero-order valence-electron chi connectivity index (χ0n) is 20.2. The van der Waals surface area contributed by atoms with Crippen LogP contribution in [0.1, 0.15) is 24.7 Å². The number of methoxy groups -OCH3 is 1. The summed E-state index contributed by atoms with van der Waals surface area (Å²) in [5.41, 5.74) is 3.62. The van der Waals surface area contributed by atoms with E-state index in [1.54, 1.807) is 14.0 Å². The molecule has 0 N–H and O–H groups in total. The summed E-state index contributed by atoms with van der Waals surface area (Å²) in [6.45, 7) is 5.45. The van der Waals surface area contributed by atoms with E-state index < -0.39 is 0 Å². The number of anilines is 1. The smallest absolute Gasteiger partial charge is 0.242 e. The molecule has 0 spiro atoms. The Morgan fingerprint density at radius 1 is 1.00 bits per heavy atom. The van der Waals surface area contributed by atoms with Gasteiger partial charge in [-0.25, -0.2) is 4.98 Å². The van der Waals surface area contributed by atoms with Crippen LogP contribution in [0.5, 0.6) is 0 Å². The standard InChI is InChI=1S/C26H33N5O3/c1-20(32)30-14-8-13-28(2)15-16-29(17-21-9-4-6-11-23(21)30)26(33)18-31-24-12-7-5-10-22(24)27-25(31)19-34-3/h4-7,9-12H,8,13-19H2,1-3H3. The van der Waals surface area contributed by atoms with E-state index in [1.165, 1.54) is 0 Å². The molecule has 0 fully saturated rings. The number of imidazole rings is 1. The maximum atomic E-state index is 13.7. The topological polar surface area (TPSA) is 70.9 Å². The average Bonchev–Trinajstić information content (AvgIpc) is 3.15. The molecule has 0 saturated heterocycles. The molecule has 0 unspecified atom stereocenters. The van der Waals surface area contributed by atoms with E-state index in [1.807, 2.05) is 62.9 Å². The van der Waals surface area contributed by atoms with Crippen LogP contribution in [-0.4, -0.2) is 71.5 Å². The molecule has 1 aliphatic rings. The lowest BCUT2D eigenvalue weighted by Gasteiger charge is -2.27. The molecule has 4 rings (SSSR count). The average molecular weight is 464 g/mol. The normalized spacial score (nSPS) is 15.7. The van der Waals surface area contributed by atoms with Crippen molar-refractivity contribution in [2.75, 3.05) is 45.2 Å². The third kappa shape index (κ3) is 5.29. The minimum atomic E-state index is 0.0114. The molecule has 0 aliphatic carbocycles. The molecular formula is C26H33N5O3. The lowest BCUT2D eigenvalue weighted by molar-refractivity contribution is -0.132. The minimum absolute atomic E-state index is 0.0114. The highest BCUT2D eigenvalue weighted by atomic mass is 16.5. The first kappa shape index (κ1) is 23.9. The van der Waals surface area contributed by atoms with Crippen molar-refractivity contribution in [3.05, 3.63) is 59.9 Å². The molecule has 2 amide bonds. The van der Waals surface area contributed by atoms with Gasteiger partial charge in [0.05, 0.1) is 11.0 Å². The van der Waals surface area contributed by atoms with E-state index in [9.17, 15) is 9.59 Å². The first-order valence-electron chi connectivity index (χ1n) is 11.7. The summed E-state index contributed by atoms with van der Waals surface area (Å²) in [6.07, 6.45) is 0.875. The summed E-state index contributed by atoms with van der Waals surface area (Å²) >= 11 is 0. The van der Waals surface area contributed by atoms with Gasteiger partial charge in [-0.05, 0) is 43.8 Å². The molecule has 2 aromatic carbocycles. The van der Waals surface area contributed by atoms with Gasteiger partial charge >= 0.3 is 0 Å². The minimum Gasteiger partial charge on any atom is -0.377 e. The molecule has 3 aromatic rings. The molecule has 0 saturated carbocycles. The maximum Gasteiger partial charge on any atom is 0.242 e. The Morgan fingerprint density at radius 3 is 2.56 bits per heavy atom. The first-order chi connectivity index (χ1) is 16.5. The highest BCUT2D eigenvalue weighted by Crippen LogP contribution is 2.24. The molecule has 1 aliphatic heterocycles. The Bertz CT molecular complexity index is 1160. The summed E-state index contributed by atoms with van der Waals surface area (Å²) in [7, 11) is 3.69. The van der Waals surface area contributed by atoms with Crippen LogP contribution < -0.4 is 4.90 Å². The number of nitrogens with zero attached hydrogens (tertiary/aromatic N) is 5. The summed E-state index contributed by atoms with van der Waals surface area (Å²) in [5, 5.41) is 0. The van der Waals surface area contributed by atoms with Gasteiger partial charge in [0.15, 0.2) is 0 Å². The van der Waals surface area contributed by atoms with Gasteiger partial charge < -0.3 is 24.0 Å². The Morgan fingerprint density at radius 2 is 1.76 bits per heavy atom. The monoisotopic (exact) mass is 463 g/mol. The number of benzene rings is 2. The molecule has 0 bridgehead atoms. The number of amides is 2. The van der Waals surface area contributed by atoms with Crippen LogP contribution in [0.4, 0.5) is 5.69 Å². The molecule has 180 valence electrons. The first-order valence-corrected chi connectivity index (χ1v) is 11.7. The number of para-hydroxylation sites is 3. The van der Waals surface area contributed by atoms with Crippen LogP contribution in [-0.2, 0) is 34.0 Å². The second kappa shape index (κ2) is 10.8. The predicted molar refractivity (Wildman–Crippen MR) is 132 cm³/mol. The van der Waals surface area contributed by atoms with Gasteiger partial charge in [0.25, 0.3) is 0 Å². The summed E-state index contributed by atoms with van der Waals surface area (Å²) in [6, 6.07) is 15.7. The zero-order chi connectivity index (χ0) is 24.1. The second-order valence-corrected chi connectivity index (χ2v) is 8.81. The van der Waals surface area contributed by atoms with Gasteiger partial charge in [-0.1, -0.05) is 30.3 Å². The van der Waals surface area contributed by atoms with Crippen LogP contribution in [0, 0.1) is 0 Å². The Balaban J connectivity index is 1.66. The molecular weight excluding hydrogens is 430 g/mol. The molecule has 34 heavy (non-hydrogen) atoms. The van der Waals surface area contributed by atoms with Crippen molar-refractivity contribution >= 4 is 28.5 Å². The number of carbonyl (C=O) groups is 2. The third-order valence-corrected chi connectivity index (χ3v) is 6.35. The van der Waals surface area contributed by atoms with Crippen LogP contribution >= 0.6 is 0 Å². The summed E-state index contributed by atoms with van der Waals surface area (Å²) in [5.74, 6) is 0.758. The van der Waals surface area contributed by atoms with E-state index >= 15 is 0 Å². The number of ether oxygens (including phenoxy) is 1. The number of likely N-dealkylation sites (N-methyl/N-ethyl adjacent to an activating group) is 1. The van der Waals surface area contributed by atoms with Gasteiger partial charge in [0, 0.05) is 45.9 Å². The zero-order valence-corrected chi connectivity index (χ0v) is 20.2. The molecule has 1 aromatic heterocycles. The number of hydrogen-bond donors (Lipinski definition) is 0. The molecule has 2 heterocycles. The van der Waals surface area contributed by atoms with Crippen molar-refractivity contribution in [2.24, 2.45) is 0 Å². The fourth-order valence-electron chi connectivity index (χ4n) is 4.53. The summed E-state index contributed by atoms with van der Waals surface area (Å²) in [4.78, 5) is 36.7. The van der Waals surface area contributed by atoms with Gasteiger partial charge in [-0.2, -0.15) is 0 Å². The lowest BCUT2D eigenvalue weighted by Crippen LogP contribution is -2.39. The van der Waals surface area contributed by atoms with Crippen LogP contribution in [0.3, 0.4) is 0 Å². The van der Waals surface area contributed by atoms with Crippen molar-refractivity contribution in [3.8, 4) is 0 Å². The van der Waals surface area contributed by atoms with Crippen LogP contribution in [0.2, 0.25) is 0 Å². The SMILES string of the molecule is COCc1nc2ccccc2n1CC(=O)N1CCN(C)CCCN(C(C)=O)c2ccccc2C1. The van der Waals surface area contributed by atoms with Crippen LogP contribution in [0.25, 0.3) is 11.0 Å².